The number of nitrogens with one attached hydrogen (secondary N) is 2. The number of anilines is 1. The molecule has 0 unspecified atom stereocenters. The van der Waals surface area contributed by atoms with E-state index in [0.29, 0.717) is 12.6 Å². The number of carbonyl (C=O) groups is 2. The largest absolute Gasteiger partial charge is 0.450 e. The fraction of sp³-hybridized carbons (Fsp3) is 0.650. The van der Waals surface area contributed by atoms with Crippen molar-refractivity contribution in [1.82, 2.24) is 15.2 Å². The molecule has 1 saturated heterocycles. The predicted molar refractivity (Wildman–Crippen MR) is 102 cm³/mol. The Morgan fingerprint density at radius 2 is 2.22 bits per heavy atom. The summed E-state index contributed by atoms with van der Waals surface area (Å²) in [6.07, 6.45) is 6.91. The van der Waals surface area contributed by atoms with E-state index in [2.05, 4.69) is 20.5 Å². The summed E-state index contributed by atoms with van der Waals surface area (Å²) in [6.45, 7) is 4.30. The molecule has 1 saturated carbocycles. The van der Waals surface area contributed by atoms with Crippen molar-refractivity contribution in [2.75, 3.05) is 25.0 Å². The number of likely N-dealkylation sites (tertiary alicyclic amines) is 1. The highest BCUT2D eigenvalue weighted by Gasteiger charge is 2.50. The van der Waals surface area contributed by atoms with Crippen LogP contribution in [-0.2, 0) is 14.9 Å². The van der Waals surface area contributed by atoms with Gasteiger partial charge < -0.3 is 15.4 Å². The second-order valence-electron chi connectivity index (χ2n) is 7.93. The summed E-state index contributed by atoms with van der Waals surface area (Å²) in [5, 5.41) is 5.94. The van der Waals surface area contributed by atoms with Gasteiger partial charge >= 0.3 is 6.09 Å². The first kappa shape index (κ1) is 18.2. The summed E-state index contributed by atoms with van der Waals surface area (Å²) in [4.78, 5) is 31.2. The zero-order chi connectivity index (χ0) is 18.9. The lowest BCUT2D eigenvalue weighted by atomic mass is 9.69. The molecule has 2 N–H and O–H groups in total. The number of aromatic nitrogens is 1. The van der Waals surface area contributed by atoms with Gasteiger partial charge in [-0.05, 0) is 44.6 Å². The quantitative estimate of drug-likeness (QED) is 0.848. The van der Waals surface area contributed by atoms with Crippen LogP contribution in [0.4, 0.5) is 10.6 Å². The number of hydrogen-bond donors (Lipinski definition) is 2. The molecule has 0 radical (unpaired) electrons. The molecule has 0 bridgehead atoms. The number of pyridine rings is 1. The van der Waals surface area contributed by atoms with Gasteiger partial charge in [-0.2, -0.15) is 0 Å². The van der Waals surface area contributed by atoms with Crippen LogP contribution in [-0.4, -0.2) is 53.7 Å². The molecule has 0 aromatic carbocycles. The van der Waals surface area contributed by atoms with Crippen molar-refractivity contribution in [2.45, 2.75) is 62.9 Å². The van der Waals surface area contributed by atoms with Crippen molar-refractivity contribution in [1.29, 1.82) is 0 Å². The van der Waals surface area contributed by atoms with Gasteiger partial charge in [0.1, 0.15) is 5.82 Å². The molecule has 2 fully saturated rings. The molecule has 146 valence electrons. The molecular weight excluding hydrogens is 344 g/mol. The third-order valence-corrected chi connectivity index (χ3v) is 6.29. The van der Waals surface area contributed by atoms with E-state index >= 15 is 0 Å². The highest BCUT2D eigenvalue weighted by Crippen LogP contribution is 2.47. The third-order valence-electron chi connectivity index (χ3n) is 6.29. The zero-order valence-electron chi connectivity index (χ0n) is 15.9. The molecular formula is C20H28N4O3. The standard InChI is InChI=1S/C20H28N4O3/c1-2-12-27-19(26)22-14-7-11-24(13-14)15-5-8-20(9-6-15)16-4-3-10-21-17(16)23-18(20)25/h3-4,10,14-15H,2,5-9,11-13H2,1H3,(H,22,26)(H,21,23,25)/t14-,15?,20?/m1/s1. The van der Waals surface area contributed by atoms with Gasteiger partial charge in [0, 0.05) is 36.9 Å². The van der Waals surface area contributed by atoms with Gasteiger partial charge in [0.05, 0.1) is 12.0 Å². The molecule has 1 aliphatic carbocycles. The first-order valence-corrected chi connectivity index (χ1v) is 10.1. The summed E-state index contributed by atoms with van der Waals surface area (Å²) in [5.74, 6) is 0.839. The van der Waals surface area contributed by atoms with E-state index in [0.717, 1.165) is 63.0 Å². The van der Waals surface area contributed by atoms with E-state index in [1.165, 1.54) is 0 Å². The van der Waals surface area contributed by atoms with Gasteiger partial charge in [-0.25, -0.2) is 9.78 Å². The van der Waals surface area contributed by atoms with Crippen molar-refractivity contribution >= 4 is 17.8 Å². The molecule has 1 aromatic rings. The fourth-order valence-corrected chi connectivity index (χ4v) is 4.84. The third kappa shape index (κ3) is 3.40. The van der Waals surface area contributed by atoms with E-state index < -0.39 is 5.41 Å². The van der Waals surface area contributed by atoms with E-state index in [9.17, 15) is 9.59 Å². The smallest absolute Gasteiger partial charge is 0.407 e. The van der Waals surface area contributed by atoms with Crippen LogP contribution in [0.1, 0.15) is 51.0 Å². The summed E-state index contributed by atoms with van der Waals surface area (Å²) in [7, 11) is 0. The minimum atomic E-state index is -0.401. The minimum absolute atomic E-state index is 0.106. The van der Waals surface area contributed by atoms with Crippen molar-refractivity contribution in [3.8, 4) is 0 Å². The Morgan fingerprint density at radius 1 is 1.41 bits per heavy atom. The average molecular weight is 372 g/mol. The lowest BCUT2D eigenvalue weighted by Crippen LogP contribution is -2.45. The Hall–Kier alpha value is -2.15. The Morgan fingerprint density at radius 3 is 3.00 bits per heavy atom. The normalized spacial score (nSPS) is 30.2. The van der Waals surface area contributed by atoms with Crippen LogP contribution in [0.5, 0.6) is 0 Å². The lowest BCUT2D eigenvalue weighted by molar-refractivity contribution is -0.122. The van der Waals surface area contributed by atoms with Gasteiger partial charge in [0.25, 0.3) is 0 Å². The van der Waals surface area contributed by atoms with Crippen LogP contribution in [0, 0.1) is 0 Å². The maximum absolute atomic E-state index is 12.7. The molecule has 1 spiro atoms. The van der Waals surface area contributed by atoms with Crippen LogP contribution >= 0.6 is 0 Å². The molecule has 27 heavy (non-hydrogen) atoms. The SMILES string of the molecule is CCCOC(=O)N[C@@H]1CCN(C2CCC3(CC2)C(=O)Nc2ncccc23)C1. The van der Waals surface area contributed by atoms with Crippen molar-refractivity contribution < 1.29 is 14.3 Å². The van der Waals surface area contributed by atoms with Gasteiger partial charge in [-0.15, -0.1) is 0 Å². The molecule has 3 heterocycles. The molecule has 3 aliphatic rings. The molecule has 2 amide bonds. The molecule has 1 atom stereocenters. The predicted octanol–water partition coefficient (Wildman–Crippen LogP) is 2.42. The fourth-order valence-electron chi connectivity index (χ4n) is 4.84. The summed E-state index contributed by atoms with van der Waals surface area (Å²) in [6, 6.07) is 4.59. The van der Waals surface area contributed by atoms with Crippen LogP contribution in [0.15, 0.2) is 18.3 Å². The Balaban J connectivity index is 1.33. The van der Waals surface area contributed by atoms with Crippen molar-refractivity contribution in [2.24, 2.45) is 0 Å². The number of amides is 2. The number of ether oxygens (including phenoxy) is 1. The van der Waals surface area contributed by atoms with Gasteiger partial charge in [-0.3, -0.25) is 9.69 Å². The molecule has 4 rings (SSSR count). The Kier molecular flexibility index (Phi) is 5.04. The summed E-state index contributed by atoms with van der Waals surface area (Å²) in [5.41, 5.74) is 0.662. The van der Waals surface area contributed by atoms with E-state index in [-0.39, 0.29) is 18.0 Å². The van der Waals surface area contributed by atoms with E-state index in [1.54, 1.807) is 6.20 Å². The number of fused-ring (bicyclic) bond motifs is 2. The minimum Gasteiger partial charge on any atom is -0.450 e. The maximum Gasteiger partial charge on any atom is 0.407 e. The molecule has 7 heteroatoms. The van der Waals surface area contributed by atoms with Crippen LogP contribution in [0.2, 0.25) is 0 Å². The average Bonchev–Trinajstić information content (AvgIpc) is 3.24. The number of nitrogens with zero attached hydrogens (tertiary/aromatic N) is 2. The molecule has 7 nitrogen and oxygen atoms in total. The van der Waals surface area contributed by atoms with Gasteiger partial charge in [0.15, 0.2) is 0 Å². The van der Waals surface area contributed by atoms with E-state index in [1.807, 2.05) is 19.1 Å². The topological polar surface area (TPSA) is 83.6 Å². The Bertz CT molecular complexity index is 715. The Labute approximate surface area is 159 Å². The first-order valence-electron chi connectivity index (χ1n) is 10.1. The van der Waals surface area contributed by atoms with Gasteiger partial charge in [-0.1, -0.05) is 13.0 Å². The lowest BCUT2D eigenvalue weighted by Gasteiger charge is -2.39. The van der Waals surface area contributed by atoms with Crippen molar-refractivity contribution in [3.63, 3.8) is 0 Å². The van der Waals surface area contributed by atoms with E-state index in [4.69, 9.17) is 4.74 Å². The molecule has 1 aromatic heterocycles. The van der Waals surface area contributed by atoms with Gasteiger partial charge in [0.2, 0.25) is 5.91 Å². The highest BCUT2D eigenvalue weighted by atomic mass is 16.5. The van der Waals surface area contributed by atoms with Crippen LogP contribution in [0.3, 0.4) is 0 Å². The summed E-state index contributed by atoms with van der Waals surface area (Å²) >= 11 is 0. The summed E-state index contributed by atoms with van der Waals surface area (Å²) < 4.78 is 5.12. The maximum atomic E-state index is 12.7. The van der Waals surface area contributed by atoms with Crippen LogP contribution in [0.25, 0.3) is 0 Å². The number of hydrogen-bond acceptors (Lipinski definition) is 5. The zero-order valence-corrected chi connectivity index (χ0v) is 15.9. The van der Waals surface area contributed by atoms with Crippen molar-refractivity contribution in [3.05, 3.63) is 23.9 Å². The second-order valence-corrected chi connectivity index (χ2v) is 7.93. The number of alkyl carbamates (subject to hydrolysis) is 1. The molecule has 2 aliphatic heterocycles. The number of rotatable bonds is 4. The second kappa shape index (κ2) is 7.46. The highest BCUT2D eigenvalue weighted by molar-refractivity contribution is 6.05. The number of carbonyl (C=O) groups excluding carboxylic acids is 2. The van der Waals surface area contributed by atoms with Crippen LogP contribution < -0.4 is 10.6 Å². The first-order chi connectivity index (χ1) is 13.1. The monoisotopic (exact) mass is 372 g/mol.